The van der Waals surface area contributed by atoms with Gasteiger partial charge in [0.25, 0.3) is 0 Å². The maximum atomic E-state index is 6.12. The first-order chi connectivity index (χ1) is 18.4. The molecule has 4 N–H and O–H groups in total. The van der Waals surface area contributed by atoms with Crippen molar-refractivity contribution in [3.63, 3.8) is 0 Å². The van der Waals surface area contributed by atoms with Crippen LogP contribution in [-0.4, -0.2) is 57.6 Å². The molecule has 7 nitrogen and oxygen atoms in total. The second-order valence-electron chi connectivity index (χ2n) is 9.91. The number of ether oxygens (including phenoxy) is 4. The number of nitrogens with zero attached hydrogens (tertiary/aromatic N) is 1. The number of nitrogens with two attached hydrogens (primary N) is 2. The Morgan fingerprint density at radius 3 is 2.16 bits per heavy atom. The summed E-state index contributed by atoms with van der Waals surface area (Å²) >= 11 is 0. The van der Waals surface area contributed by atoms with E-state index in [9.17, 15) is 0 Å². The van der Waals surface area contributed by atoms with E-state index in [1.54, 1.807) is 6.92 Å². The van der Waals surface area contributed by atoms with E-state index in [0.29, 0.717) is 19.8 Å². The summed E-state index contributed by atoms with van der Waals surface area (Å²) in [6, 6.07) is 22.2. The van der Waals surface area contributed by atoms with Gasteiger partial charge in [-0.05, 0) is 59.9 Å². The fourth-order valence-electron chi connectivity index (χ4n) is 4.47. The van der Waals surface area contributed by atoms with Gasteiger partial charge in [0, 0.05) is 25.7 Å². The molecule has 3 aromatic carbocycles. The van der Waals surface area contributed by atoms with Crippen molar-refractivity contribution in [3.05, 3.63) is 77.9 Å². The van der Waals surface area contributed by atoms with E-state index >= 15 is 0 Å². The van der Waals surface area contributed by atoms with Crippen LogP contribution in [0.1, 0.15) is 31.4 Å². The Morgan fingerprint density at radius 2 is 1.47 bits per heavy atom. The van der Waals surface area contributed by atoms with E-state index in [0.717, 1.165) is 79.6 Å². The molecule has 0 aromatic heterocycles. The average molecular weight is 520 g/mol. The molecule has 0 bridgehead atoms. The third-order valence-electron chi connectivity index (χ3n) is 6.62. The summed E-state index contributed by atoms with van der Waals surface area (Å²) in [5.74, 6) is 2.48. The van der Waals surface area contributed by atoms with Crippen LogP contribution in [-0.2, 0) is 16.8 Å². The number of aryl methyl sites for hydroxylation is 1. The van der Waals surface area contributed by atoms with Crippen molar-refractivity contribution in [1.82, 2.24) is 4.90 Å². The fraction of sp³-hybridized carbons (Fsp3) is 0.419. The molecule has 1 saturated heterocycles. The Labute approximate surface area is 226 Å². The van der Waals surface area contributed by atoms with Gasteiger partial charge in [-0.25, -0.2) is 0 Å². The molecule has 204 valence electrons. The van der Waals surface area contributed by atoms with Gasteiger partial charge in [-0.1, -0.05) is 49.7 Å². The first kappa shape index (κ1) is 27.9. The molecule has 7 heteroatoms. The van der Waals surface area contributed by atoms with Crippen LogP contribution in [0.15, 0.2) is 66.7 Å². The molecular formula is C31H41N3O4. The van der Waals surface area contributed by atoms with Gasteiger partial charge in [-0.15, -0.1) is 0 Å². The molecule has 3 aromatic rings. The van der Waals surface area contributed by atoms with Gasteiger partial charge in [0.2, 0.25) is 0 Å². The second-order valence-corrected chi connectivity index (χ2v) is 9.91. The molecule has 1 aliphatic heterocycles. The predicted molar refractivity (Wildman–Crippen MR) is 152 cm³/mol. The highest BCUT2D eigenvalue weighted by atomic mass is 16.5. The largest absolute Gasteiger partial charge is 0.492 e. The van der Waals surface area contributed by atoms with Gasteiger partial charge in [0.05, 0.1) is 18.9 Å². The zero-order valence-electron chi connectivity index (χ0n) is 22.7. The minimum Gasteiger partial charge on any atom is -0.492 e. The first-order valence-corrected chi connectivity index (χ1v) is 13.5. The van der Waals surface area contributed by atoms with Gasteiger partial charge in [0.15, 0.2) is 0 Å². The topological polar surface area (TPSA) is 92.2 Å². The summed E-state index contributed by atoms with van der Waals surface area (Å²) in [5.41, 5.74) is 15.5. The smallest absolute Gasteiger partial charge is 0.123 e. The van der Waals surface area contributed by atoms with E-state index in [1.807, 2.05) is 42.5 Å². The molecule has 0 amide bonds. The number of hydrogen-bond acceptors (Lipinski definition) is 7. The van der Waals surface area contributed by atoms with Crippen molar-refractivity contribution in [2.24, 2.45) is 11.5 Å². The third kappa shape index (κ3) is 8.20. The highest BCUT2D eigenvalue weighted by molar-refractivity contribution is 5.66. The highest BCUT2D eigenvalue weighted by Crippen LogP contribution is 2.29. The summed E-state index contributed by atoms with van der Waals surface area (Å²) < 4.78 is 23.4. The van der Waals surface area contributed by atoms with Crippen molar-refractivity contribution in [1.29, 1.82) is 0 Å². The molecular weight excluding hydrogens is 478 g/mol. The monoisotopic (exact) mass is 519 g/mol. The molecule has 0 unspecified atom stereocenters. The molecule has 0 aliphatic carbocycles. The molecule has 0 spiro atoms. The van der Waals surface area contributed by atoms with E-state index < -0.39 is 5.66 Å². The van der Waals surface area contributed by atoms with Crippen LogP contribution in [0.25, 0.3) is 11.1 Å². The van der Waals surface area contributed by atoms with E-state index in [4.69, 9.17) is 30.4 Å². The lowest BCUT2D eigenvalue weighted by Crippen LogP contribution is -2.42. The zero-order chi connectivity index (χ0) is 26.8. The first-order valence-electron chi connectivity index (χ1n) is 13.5. The van der Waals surface area contributed by atoms with Gasteiger partial charge >= 0.3 is 0 Å². The van der Waals surface area contributed by atoms with E-state index in [-0.39, 0.29) is 0 Å². The van der Waals surface area contributed by atoms with Crippen molar-refractivity contribution >= 4 is 0 Å². The maximum absolute atomic E-state index is 6.12. The van der Waals surface area contributed by atoms with Crippen LogP contribution in [0.4, 0.5) is 0 Å². The van der Waals surface area contributed by atoms with Crippen LogP contribution in [0, 0.1) is 0 Å². The summed E-state index contributed by atoms with van der Waals surface area (Å²) in [6.07, 6.45) is 1.97. The molecule has 1 aliphatic rings. The molecule has 4 rings (SSSR count). The van der Waals surface area contributed by atoms with E-state index in [2.05, 4.69) is 36.1 Å². The average Bonchev–Trinajstić information content (AvgIpc) is 2.92. The molecule has 1 fully saturated rings. The fourth-order valence-corrected chi connectivity index (χ4v) is 4.47. The Hall–Kier alpha value is -3.10. The van der Waals surface area contributed by atoms with Gasteiger partial charge in [-0.2, -0.15) is 0 Å². The second kappa shape index (κ2) is 13.6. The summed E-state index contributed by atoms with van der Waals surface area (Å²) in [5, 5.41) is 0. The molecule has 1 heterocycles. The SMILES string of the molecule is CCCc1cc(-c2ccc(C(C)(N)N)cc2)ccc1OCCOc1cccc(OCCN2CCOCC2)c1. The number of benzene rings is 3. The third-order valence-corrected chi connectivity index (χ3v) is 6.62. The Kier molecular flexibility index (Phi) is 10.0. The van der Waals surface area contributed by atoms with Crippen LogP contribution >= 0.6 is 0 Å². The zero-order valence-corrected chi connectivity index (χ0v) is 22.7. The molecule has 0 saturated carbocycles. The van der Waals surface area contributed by atoms with Crippen LogP contribution < -0.4 is 25.7 Å². The van der Waals surface area contributed by atoms with Gasteiger partial charge < -0.3 is 30.4 Å². The van der Waals surface area contributed by atoms with Crippen LogP contribution in [0.3, 0.4) is 0 Å². The minimum absolute atomic E-state index is 0.447. The summed E-state index contributed by atoms with van der Waals surface area (Å²) in [6.45, 7) is 9.95. The lowest BCUT2D eigenvalue weighted by molar-refractivity contribution is 0.0322. The lowest BCUT2D eigenvalue weighted by atomic mass is 9.97. The normalized spacial score (nSPS) is 14.3. The molecule has 38 heavy (non-hydrogen) atoms. The highest BCUT2D eigenvalue weighted by Gasteiger charge is 2.15. The Morgan fingerprint density at radius 1 is 0.816 bits per heavy atom. The molecule has 0 radical (unpaired) electrons. The summed E-state index contributed by atoms with van der Waals surface area (Å²) in [7, 11) is 0. The van der Waals surface area contributed by atoms with Gasteiger partial charge in [-0.3, -0.25) is 4.90 Å². The number of morpholine rings is 1. The van der Waals surface area contributed by atoms with Gasteiger partial charge in [0.1, 0.15) is 37.1 Å². The van der Waals surface area contributed by atoms with Crippen molar-refractivity contribution in [3.8, 4) is 28.4 Å². The minimum atomic E-state index is -0.844. The molecule has 0 atom stereocenters. The quantitative estimate of drug-likeness (QED) is 0.253. The van der Waals surface area contributed by atoms with Crippen molar-refractivity contribution < 1.29 is 18.9 Å². The number of hydrogen-bond donors (Lipinski definition) is 2. The standard InChI is InChI=1S/C31H41N3O4/c1-3-5-26-22-25(24-8-11-27(12-9-24)31(2,32)33)10-13-30(26)38-21-20-37-29-7-4-6-28(23-29)36-19-16-34-14-17-35-18-15-34/h4,6-13,22-23H,3,5,14-21,32-33H2,1-2H3. The van der Waals surface area contributed by atoms with Crippen molar-refractivity contribution in [2.75, 3.05) is 52.7 Å². The number of rotatable bonds is 13. The van der Waals surface area contributed by atoms with Crippen LogP contribution in [0.2, 0.25) is 0 Å². The maximum Gasteiger partial charge on any atom is 0.123 e. The Balaban J connectivity index is 1.27. The Bertz CT molecular complexity index is 1140. The predicted octanol–water partition coefficient (Wildman–Crippen LogP) is 4.57. The van der Waals surface area contributed by atoms with Crippen LogP contribution in [0.5, 0.6) is 17.2 Å². The van der Waals surface area contributed by atoms with Crippen molar-refractivity contribution in [2.45, 2.75) is 32.4 Å². The van der Waals surface area contributed by atoms with E-state index in [1.165, 1.54) is 5.56 Å². The lowest BCUT2D eigenvalue weighted by Gasteiger charge is -2.26. The summed E-state index contributed by atoms with van der Waals surface area (Å²) in [4.78, 5) is 2.36.